The van der Waals surface area contributed by atoms with Gasteiger partial charge in [-0.05, 0) is 18.2 Å². The number of carboxylic acid groups (broad SMARTS) is 1. The summed E-state index contributed by atoms with van der Waals surface area (Å²) in [5, 5.41) is 9.46. The Hall–Kier alpha value is -1.46. The van der Waals surface area contributed by atoms with Crippen LogP contribution < -0.4 is 4.74 Å². The van der Waals surface area contributed by atoms with Crippen LogP contribution in [0.2, 0.25) is 10.0 Å². The van der Waals surface area contributed by atoms with Crippen LogP contribution in [0.25, 0.3) is 0 Å². The van der Waals surface area contributed by atoms with Gasteiger partial charge in [0.25, 0.3) is 5.91 Å². The van der Waals surface area contributed by atoms with Gasteiger partial charge in [-0.25, -0.2) is 0 Å². The second kappa shape index (κ2) is 5.67. The van der Waals surface area contributed by atoms with E-state index in [4.69, 9.17) is 33.0 Å². The molecule has 1 N–H and O–H groups in total. The van der Waals surface area contributed by atoms with Gasteiger partial charge in [0.1, 0.15) is 12.3 Å². The summed E-state index contributed by atoms with van der Waals surface area (Å²) in [5.74, 6) is -1.02. The summed E-state index contributed by atoms with van der Waals surface area (Å²) >= 11 is 11.7. The van der Waals surface area contributed by atoms with Gasteiger partial charge < -0.3 is 14.7 Å². The normalized spacial score (nSPS) is 18.7. The lowest BCUT2D eigenvalue weighted by molar-refractivity contribution is -0.144. The second-order valence-corrected chi connectivity index (χ2v) is 4.97. The third-order valence-electron chi connectivity index (χ3n) is 2.74. The number of benzene rings is 1. The molecule has 0 aromatic heterocycles. The van der Waals surface area contributed by atoms with E-state index in [2.05, 4.69) is 0 Å². The van der Waals surface area contributed by atoms with Gasteiger partial charge in [-0.15, -0.1) is 0 Å². The second-order valence-electron chi connectivity index (χ2n) is 4.12. The van der Waals surface area contributed by atoms with Crippen molar-refractivity contribution in [1.82, 2.24) is 4.90 Å². The molecule has 0 spiro atoms. The summed E-state index contributed by atoms with van der Waals surface area (Å²) in [7, 11) is 0. The van der Waals surface area contributed by atoms with E-state index < -0.39 is 12.1 Å². The van der Waals surface area contributed by atoms with Gasteiger partial charge in [0.2, 0.25) is 0 Å². The van der Waals surface area contributed by atoms with Crippen molar-refractivity contribution in [2.45, 2.75) is 12.5 Å². The number of likely N-dealkylation sites (tertiary alicyclic amines) is 1. The number of carbonyl (C=O) groups excluding carboxylic acids is 1. The Morgan fingerprint density at radius 3 is 2.84 bits per heavy atom. The Labute approximate surface area is 119 Å². The van der Waals surface area contributed by atoms with Gasteiger partial charge in [-0.3, -0.25) is 9.59 Å². The molecule has 1 saturated heterocycles. The predicted octanol–water partition coefficient (Wildman–Crippen LogP) is 2.06. The van der Waals surface area contributed by atoms with Crippen LogP contribution in [0.5, 0.6) is 5.75 Å². The number of aliphatic carboxylic acids is 1. The van der Waals surface area contributed by atoms with Gasteiger partial charge >= 0.3 is 5.97 Å². The summed E-state index contributed by atoms with van der Waals surface area (Å²) in [5.41, 5.74) is 0. The minimum atomic E-state index is -1.04. The first kappa shape index (κ1) is 14.0. The van der Waals surface area contributed by atoms with Crippen LogP contribution >= 0.6 is 23.2 Å². The number of amides is 1. The van der Waals surface area contributed by atoms with E-state index in [9.17, 15) is 9.59 Å². The average molecular weight is 304 g/mol. The molecular weight excluding hydrogens is 293 g/mol. The van der Waals surface area contributed by atoms with E-state index >= 15 is 0 Å². The van der Waals surface area contributed by atoms with E-state index in [0.717, 1.165) is 0 Å². The zero-order valence-electron chi connectivity index (χ0n) is 9.81. The Bertz CT molecular complexity index is 520. The molecule has 1 aliphatic heterocycles. The summed E-state index contributed by atoms with van der Waals surface area (Å²) in [4.78, 5) is 23.7. The zero-order valence-corrected chi connectivity index (χ0v) is 11.3. The smallest absolute Gasteiger partial charge is 0.323 e. The quantitative estimate of drug-likeness (QED) is 0.924. The van der Waals surface area contributed by atoms with E-state index in [0.29, 0.717) is 28.8 Å². The average Bonchev–Trinajstić information content (AvgIpc) is 2.64. The summed E-state index contributed by atoms with van der Waals surface area (Å²) < 4.78 is 5.51. The van der Waals surface area contributed by atoms with Gasteiger partial charge in [0, 0.05) is 18.0 Å². The lowest BCUT2D eigenvalue weighted by Gasteiger charge is -2.15. The molecule has 1 aliphatic rings. The Morgan fingerprint density at radius 2 is 2.21 bits per heavy atom. The van der Waals surface area contributed by atoms with Crippen LogP contribution in [0.4, 0.5) is 0 Å². The monoisotopic (exact) mass is 303 g/mol. The largest absolute Gasteiger partial charge is 0.480 e. The molecule has 1 unspecified atom stereocenters. The van der Waals surface area contributed by atoms with Crippen molar-refractivity contribution in [3.8, 4) is 5.75 Å². The van der Waals surface area contributed by atoms with Crippen molar-refractivity contribution >= 4 is 35.1 Å². The van der Waals surface area contributed by atoms with Crippen LogP contribution in [0.3, 0.4) is 0 Å². The van der Waals surface area contributed by atoms with Crippen LogP contribution in [-0.4, -0.2) is 41.1 Å². The predicted molar refractivity (Wildman–Crippen MR) is 69.7 cm³/mol. The molecule has 0 bridgehead atoms. The van der Waals surface area contributed by atoms with Crippen molar-refractivity contribution in [2.24, 2.45) is 0 Å². The summed E-state index contributed by atoms with van der Waals surface area (Å²) in [6, 6.07) is 4.71. The first-order valence-corrected chi connectivity index (χ1v) is 6.35. The lowest BCUT2D eigenvalue weighted by atomic mass is 10.3. The van der Waals surface area contributed by atoms with E-state index in [1.54, 1.807) is 12.1 Å². The Balaban J connectivity index is 2.04. The number of rotatable bonds is 4. The SMILES string of the molecule is O=C(O)CN1CCC(Oc2ccc(Cl)cc2Cl)C1=O. The number of hydrogen-bond acceptors (Lipinski definition) is 3. The molecule has 1 aromatic rings. The number of hydrogen-bond donors (Lipinski definition) is 1. The molecule has 7 heteroatoms. The van der Waals surface area contributed by atoms with Gasteiger partial charge in [0.15, 0.2) is 6.10 Å². The van der Waals surface area contributed by atoms with Crippen LogP contribution in [-0.2, 0) is 9.59 Å². The zero-order chi connectivity index (χ0) is 14.0. The minimum absolute atomic E-state index is 0.312. The first-order chi connectivity index (χ1) is 8.97. The molecule has 2 rings (SSSR count). The summed E-state index contributed by atoms with van der Waals surface area (Å²) in [6.45, 7) is 0.0497. The van der Waals surface area contributed by atoms with Crippen LogP contribution in [0, 0.1) is 0 Å². The maximum absolute atomic E-state index is 11.9. The topological polar surface area (TPSA) is 66.8 Å². The van der Waals surface area contributed by atoms with Crippen LogP contribution in [0.15, 0.2) is 18.2 Å². The Kier molecular flexibility index (Phi) is 4.17. The highest BCUT2D eigenvalue weighted by atomic mass is 35.5. The number of ether oxygens (including phenoxy) is 1. The van der Waals surface area contributed by atoms with Crippen molar-refractivity contribution in [2.75, 3.05) is 13.1 Å². The third-order valence-corrected chi connectivity index (χ3v) is 3.27. The van der Waals surface area contributed by atoms with E-state index in [1.165, 1.54) is 11.0 Å². The number of halogens is 2. The molecular formula is C12H11Cl2NO4. The lowest BCUT2D eigenvalue weighted by Crippen LogP contribution is -2.35. The van der Waals surface area contributed by atoms with Crippen molar-refractivity contribution in [3.63, 3.8) is 0 Å². The molecule has 1 amide bonds. The standard InChI is InChI=1S/C12H11Cl2NO4/c13-7-1-2-9(8(14)5-7)19-10-3-4-15(12(10)18)6-11(16)17/h1-2,5,10H,3-4,6H2,(H,16,17). The molecule has 19 heavy (non-hydrogen) atoms. The molecule has 1 aromatic carbocycles. The van der Waals surface area contributed by atoms with Crippen molar-refractivity contribution in [3.05, 3.63) is 28.2 Å². The van der Waals surface area contributed by atoms with Crippen LogP contribution in [0.1, 0.15) is 6.42 Å². The first-order valence-electron chi connectivity index (χ1n) is 5.59. The molecule has 1 heterocycles. The fourth-order valence-electron chi connectivity index (χ4n) is 1.86. The van der Waals surface area contributed by atoms with E-state index in [-0.39, 0.29) is 12.5 Å². The minimum Gasteiger partial charge on any atom is -0.480 e. The highest BCUT2D eigenvalue weighted by Gasteiger charge is 2.34. The maximum atomic E-state index is 11.9. The highest BCUT2D eigenvalue weighted by molar-refractivity contribution is 6.35. The highest BCUT2D eigenvalue weighted by Crippen LogP contribution is 2.29. The number of carbonyl (C=O) groups is 2. The number of carboxylic acids is 1. The van der Waals surface area contributed by atoms with Gasteiger partial charge in [-0.1, -0.05) is 23.2 Å². The fourth-order valence-corrected chi connectivity index (χ4v) is 2.32. The third kappa shape index (κ3) is 3.30. The van der Waals surface area contributed by atoms with Crippen molar-refractivity contribution < 1.29 is 19.4 Å². The molecule has 1 atom stereocenters. The van der Waals surface area contributed by atoms with Gasteiger partial charge in [0.05, 0.1) is 5.02 Å². The molecule has 0 saturated carbocycles. The fraction of sp³-hybridized carbons (Fsp3) is 0.333. The van der Waals surface area contributed by atoms with E-state index in [1.807, 2.05) is 0 Å². The van der Waals surface area contributed by atoms with Crippen molar-refractivity contribution in [1.29, 1.82) is 0 Å². The molecule has 1 fully saturated rings. The molecule has 102 valence electrons. The summed E-state index contributed by atoms with van der Waals surface area (Å²) in [6.07, 6.45) is -0.261. The van der Waals surface area contributed by atoms with Gasteiger partial charge in [-0.2, -0.15) is 0 Å². The molecule has 5 nitrogen and oxygen atoms in total. The molecule has 0 aliphatic carbocycles. The number of nitrogens with zero attached hydrogens (tertiary/aromatic N) is 1. The molecule has 0 radical (unpaired) electrons. The maximum Gasteiger partial charge on any atom is 0.323 e. The Morgan fingerprint density at radius 1 is 1.47 bits per heavy atom.